The minimum absolute atomic E-state index is 0.0778. The number of fused-ring (bicyclic) bond motifs is 1. The molecule has 0 saturated carbocycles. The number of allylic oxidation sites excluding steroid dienone is 2. The molecule has 0 bridgehead atoms. The lowest BCUT2D eigenvalue weighted by atomic mass is 10.1. The van der Waals surface area contributed by atoms with E-state index in [1.165, 1.54) is 4.57 Å². The first-order valence-electron chi connectivity index (χ1n) is 12.7. The van der Waals surface area contributed by atoms with E-state index >= 15 is 0 Å². The Balaban J connectivity index is 1.92. The topological polar surface area (TPSA) is 70.5 Å². The molecule has 208 valence electrons. The SMILES string of the molecule is CCC/C(O)=C(\CNC)NC1=c2cc(C#CCNC3C=CC(SC)=CC3OC)n(CC(F)(F)F)c2=CCC1. The Morgan fingerprint density at radius 2 is 2.13 bits per heavy atom. The Bertz CT molecular complexity index is 1250. The fraction of sp³-hybridized carbons (Fsp3) is 0.500. The van der Waals surface area contributed by atoms with Gasteiger partial charge >= 0.3 is 6.18 Å². The number of nitrogens with zero attached hydrogens (tertiary/aromatic N) is 1. The Labute approximate surface area is 226 Å². The first-order valence-corrected chi connectivity index (χ1v) is 13.9. The number of hydrogen-bond donors (Lipinski definition) is 4. The van der Waals surface area contributed by atoms with Gasteiger partial charge in [-0.25, -0.2) is 0 Å². The first-order chi connectivity index (χ1) is 18.2. The van der Waals surface area contributed by atoms with Crippen LogP contribution in [0.1, 0.15) is 38.3 Å². The molecule has 38 heavy (non-hydrogen) atoms. The number of alkyl halides is 3. The maximum atomic E-state index is 13.5. The van der Waals surface area contributed by atoms with Gasteiger partial charge < -0.3 is 25.0 Å². The van der Waals surface area contributed by atoms with Crippen molar-refractivity contribution in [3.63, 3.8) is 0 Å². The summed E-state index contributed by atoms with van der Waals surface area (Å²) in [5.41, 5.74) is 1.71. The average Bonchev–Trinajstić information content (AvgIpc) is 3.23. The fourth-order valence-corrected chi connectivity index (χ4v) is 5.01. The average molecular weight is 551 g/mol. The highest BCUT2D eigenvalue weighted by molar-refractivity contribution is 8.02. The zero-order valence-corrected chi connectivity index (χ0v) is 23.2. The van der Waals surface area contributed by atoms with E-state index in [1.807, 2.05) is 37.5 Å². The highest BCUT2D eigenvalue weighted by atomic mass is 32.2. The van der Waals surface area contributed by atoms with Crippen molar-refractivity contribution in [1.29, 1.82) is 0 Å². The Kier molecular flexibility index (Phi) is 11.0. The zero-order valence-electron chi connectivity index (χ0n) is 22.3. The van der Waals surface area contributed by atoms with Gasteiger partial charge in [0, 0.05) is 41.2 Å². The van der Waals surface area contributed by atoms with Crippen LogP contribution in [0.25, 0.3) is 11.8 Å². The number of hydrogen-bond acceptors (Lipinski definition) is 6. The molecule has 2 aliphatic rings. The van der Waals surface area contributed by atoms with E-state index in [-0.39, 0.29) is 24.4 Å². The molecule has 6 nitrogen and oxygen atoms in total. The Morgan fingerprint density at radius 1 is 1.34 bits per heavy atom. The molecule has 0 amide bonds. The normalized spacial score (nSPS) is 19.7. The van der Waals surface area contributed by atoms with Crippen LogP contribution < -0.4 is 26.5 Å². The van der Waals surface area contributed by atoms with Crippen molar-refractivity contribution >= 4 is 23.5 Å². The molecule has 10 heteroatoms. The number of aliphatic hydroxyl groups is 1. The van der Waals surface area contributed by atoms with Gasteiger partial charge in [0.2, 0.25) is 0 Å². The van der Waals surface area contributed by atoms with E-state index in [9.17, 15) is 18.3 Å². The van der Waals surface area contributed by atoms with Gasteiger partial charge in [0.05, 0.1) is 30.1 Å². The second-order valence-corrected chi connectivity index (χ2v) is 10.0. The number of aromatic nitrogens is 1. The van der Waals surface area contributed by atoms with Crippen LogP contribution in [0.3, 0.4) is 0 Å². The minimum Gasteiger partial charge on any atom is -0.510 e. The zero-order chi connectivity index (χ0) is 27.7. The standard InChI is InChI=1S/C28H37F3N4O2S/c1-5-8-26(36)24(17-32-2)34-22-10-6-11-25-21(22)15-19(35(25)18-28(29,30)31)9-7-14-33-23-13-12-20(38-4)16-27(23)37-3/h11-13,15-16,23,27,32-34,36H,5-6,8,10,14,17-18H2,1-4H3/b26-24-. The molecule has 2 atom stereocenters. The molecule has 2 aliphatic carbocycles. The van der Waals surface area contributed by atoms with Crippen LogP contribution in [0.5, 0.6) is 0 Å². The third kappa shape index (κ3) is 7.96. The van der Waals surface area contributed by atoms with Gasteiger partial charge in [0.25, 0.3) is 0 Å². The van der Waals surface area contributed by atoms with Crippen LogP contribution in [0.2, 0.25) is 0 Å². The monoisotopic (exact) mass is 550 g/mol. The minimum atomic E-state index is -4.39. The first kappa shape index (κ1) is 30.0. The van der Waals surface area contributed by atoms with Crippen molar-refractivity contribution in [2.75, 3.05) is 33.5 Å². The number of methoxy groups -OCH3 is 1. The van der Waals surface area contributed by atoms with Gasteiger partial charge in [-0.15, -0.1) is 11.8 Å². The van der Waals surface area contributed by atoms with Gasteiger partial charge in [-0.1, -0.05) is 31.1 Å². The molecular formula is C28H37F3N4O2S. The van der Waals surface area contributed by atoms with Gasteiger partial charge in [-0.2, -0.15) is 13.2 Å². The van der Waals surface area contributed by atoms with Gasteiger partial charge in [-0.05, 0) is 50.6 Å². The third-order valence-corrected chi connectivity index (χ3v) is 7.07. The maximum Gasteiger partial charge on any atom is 0.406 e. The van der Waals surface area contributed by atoms with E-state index < -0.39 is 12.7 Å². The van der Waals surface area contributed by atoms with Crippen LogP contribution in [0, 0.1) is 11.8 Å². The molecule has 1 aromatic heterocycles. The molecular weight excluding hydrogens is 513 g/mol. The van der Waals surface area contributed by atoms with Crippen LogP contribution in [-0.2, 0) is 11.3 Å². The number of halogens is 3. The lowest BCUT2D eigenvalue weighted by Gasteiger charge is -2.24. The largest absolute Gasteiger partial charge is 0.510 e. The predicted molar refractivity (Wildman–Crippen MR) is 149 cm³/mol. The maximum absolute atomic E-state index is 13.5. The molecule has 1 heterocycles. The van der Waals surface area contributed by atoms with Crippen LogP contribution >= 0.6 is 11.8 Å². The summed E-state index contributed by atoms with van der Waals surface area (Å²) in [5, 5.41) is 21.3. The Hall–Kier alpha value is -2.58. The van der Waals surface area contributed by atoms with Gasteiger partial charge in [-0.3, -0.25) is 5.32 Å². The van der Waals surface area contributed by atoms with E-state index in [0.717, 1.165) is 17.0 Å². The lowest BCUT2D eigenvalue weighted by molar-refractivity contribution is -0.141. The van der Waals surface area contributed by atoms with Crippen molar-refractivity contribution in [2.24, 2.45) is 0 Å². The number of likely N-dealkylation sites (N-methyl/N-ethyl adjacent to an activating group) is 1. The molecule has 4 N–H and O–H groups in total. The van der Waals surface area contributed by atoms with Crippen molar-refractivity contribution in [2.45, 2.75) is 57.5 Å². The van der Waals surface area contributed by atoms with E-state index in [2.05, 4.69) is 27.8 Å². The lowest BCUT2D eigenvalue weighted by Crippen LogP contribution is -2.40. The quantitative estimate of drug-likeness (QED) is 0.251. The van der Waals surface area contributed by atoms with Gasteiger partial charge in [0.15, 0.2) is 0 Å². The van der Waals surface area contributed by atoms with Crippen molar-refractivity contribution in [3.05, 3.63) is 56.9 Å². The highest BCUT2D eigenvalue weighted by Crippen LogP contribution is 2.21. The predicted octanol–water partition coefficient (Wildman–Crippen LogP) is 3.25. The molecule has 0 radical (unpaired) electrons. The van der Waals surface area contributed by atoms with Crippen LogP contribution in [-0.4, -0.2) is 61.5 Å². The summed E-state index contributed by atoms with van der Waals surface area (Å²) in [5.74, 6) is 6.20. The number of aliphatic hydroxyl groups excluding tert-OH is 1. The second kappa shape index (κ2) is 14.0. The van der Waals surface area contributed by atoms with E-state index in [4.69, 9.17) is 4.74 Å². The summed E-state index contributed by atoms with van der Waals surface area (Å²) in [6.45, 7) is 1.56. The number of rotatable bonds is 11. The summed E-state index contributed by atoms with van der Waals surface area (Å²) < 4.78 is 47.4. The number of ether oxygens (including phenoxy) is 1. The molecule has 0 saturated heterocycles. The molecule has 0 aromatic carbocycles. The highest BCUT2D eigenvalue weighted by Gasteiger charge is 2.30. The molecule has 0 aliphatic heterocycles. The molecule has 3 rings (SSSR count). The van der Waals surface area contributed by atoms with Crippen LogP contribution in [0.4, 0.5) is 13.2 Å². The fourth-order valence-electron chi connectivity index (χ4n) is 4.53. The summed E-state index contributed by atoms with van der Waals surface area (Å²) in [7, 11) is 3.42. The number of thioether (sulfide) groups is 1. The number of nitrogens with one attached hydrogen (secondary N) is 3. The summed E-state index contributed by atoms with van der Waals surface area (Å²) in [6.07, 6.45) is 7.87. The summed E-state index contributed by atoms with van der Waals surface area (Å²) in [6, 6.07) is 1.64. The summed E-state index contributed by atoms with van der Waals surface area (Å²) in [4.78, 5) is 1.11. The smallest absolute Gasteiger partial charge is 0.406 e. The molecule has 2 unspecified atom stereocenters. The molecule has 0 spiro atoms. The summed E-state index contributed by atoms with van der Waals surface area (Å²) >= 11 is 1.64. The van der Waals surface area contributed by atoms with Crippen molar-refractivity contribution in [1.82, 2.24) is 20.5 Å². The Morgan fingerprint density at radius 3 is 2.79 bits per heavy atom. The molecule has 1 aromatic rings. The van der Waals surface area contributed by atoms with E-state index in [1.54, 1.807) is 32.0 Å². The van der Waals surface area contributed by atoms with E-state index in [0.29, 0.717) is 47.8 Å². The van der Waals surface area contributed by atoms with Crippen LogP contribution in [0.15, 0.2) is 40.7 Å². The molecule has 0 fully saturated rings. The van der Waals surface area contributed by atoms with Gasteiger partial charge in [0.1, 0.15) is 12.3 Å². The van der Waals surface area contributed by atoms with Crippen molar-refractivity contribution < 1.29 is 23.0 Å². The third-order valence-electron chi connectivity index (χ3n) is 6.32. The van der Waals surface area contributed by atoms with Crippen molar-refractivity contribution in [3.8, 4) is 11.8 Å². The second-order valence-electron chi connectivity index (χ2n) is 9.12.